The fraction of sp³-hybridized carbons (Fsp3) is 0.600. The van der Waals surface area contributed by atoms with E-state index in [1.54, 1.807) is 0 Å². The lowest BCUT2D eigenvalue weighted by Crippen LogP contribution is -2.39. The van der Waals surface area contributed by atoms with E-state index in [0.717, 1.165) is 12.2 Å². The second-order valence-electron chi connectivity index (χ2n) is 5.64. The van der Waals surface area contributed by atoms with E-state index < -0.39 is 0 Å². The molecule has 0 radical (unpaired) electrons. The molecule has 0 amide bonds. The van der Waals surface area contributed by atoms with Gasteiger partial charge < -0.3 is 10.6 Å². The highest BCUT2D eigenvalue weighted by molar-refractivity contribution is 5.41. The van der Waals surface area contributed by atoms with Crippen LogP contribution in [0, 0.1) is 0 Å². The molecule has 0 aromatic heterocycles. The van der Waals surface area contributed by atoms with Crippen molar-refractivity contribution >= 4 is 5.69 Å². The molecule has 1 aromatic carbocycles. The number of hydrogen-bond acceptors (Lipinski definition) is 3. The van der Waals surface area contributed by atoms with Crippen molar-refractivity contribution in [2.75, 3.05) is 32.9 Å². The predicted octanol–water partition coefficient (Wildman–Crippen LogP) is 2.36. The summed E-state index contributed by atoms with van der Waals surface area (Å²) in [7, 11) is 4.31. The Morgan fingerprint density at radius 2 is 2.22 bits per heavy atom. The number of nitrogen functional groups attached to an aromatic ring is 1. The molecule has 1 heterocycles. The molecule has 18 heavy (non-hydrogen) atoms. The van der Waals surface area contributed by atoms with E-state index in [-0.39, 0.29) is 0 Å². The third-order valence-corrected chi connectivity index (χ3v) is 3.89. The van der Waals surface area contributed by atoms with Crippen LogP contribution in [0.3, 0.4) is 0 Å². The lowest BCUT2D eigenvalue weighted by Gasteiger charge is -2.32. The molecule has 2 rings (SSSR count). The first-order valence-electron chi connectivity index (χ1n) is 6.84. The summed E-state index contributed by atoms with van der Waals surface area (Å²) >= 11 is 0. The lowest BCUT2D eigenvalue weighted by atomic mass is 10.1. The van der Waals surface area contributed by atoms with Crippen LogP contribution in [0.25, 0.3) is 0 Å². The maximum atomic E-state index is 5.88. The van der Waals surface area contributed by atoms with Crippen molar-refractivity contribution in [1.82, 2.24) is 9.80 Å². The monoisotopic (exact) mass is 247 g/mol. The zero-order valence-electron chi connectivity index (χ0n) is 11.8. The van der Waals surface area contributed by atoms with Gasteiger partial charge in [-0.05, 0) is 58.1 Å². The number of nitrogens with zero attached hydrogens (tertiary/aromatic N) is 2. The molecule has 1 aliphatic rings. The number of likely N-dealkylation sites (tertiary alicyclic amines) is 1. The Labute approximate surface area is 111 Å². The second kappa shape index (κ2) is 5.72. The molecule has 2 N–H and O–H groups in total. The van der Waals surface area contributed by atoms with Crippen LogP contribution >= 0.6 is 0 Å². The third kappa shape index (κ3) is 3.03. The Morgan fingerprint density at radius 3 is 2.89 bits per heavy atom. The Hall–Kier alpha value is -1.06. The summed E-state index contributed by atoms with van der Waals surface area (Å²) in [6, 6.07) is 9.44. The molecule has 1 aromatic rings. The minimum absolute atomic E-state index is 0.459. The molecule has 0 bridgehead atoms. The van der Waals surface area contributed by atoms with Gasteiger partial charge in [0.25, 0.3) is 0 Å². The Morgan fingerprint density at radius 1 is 1.44 bits per heavy atom. The standard InChI is InChI=1S/C15H25N3/c1-12(13-6-4-7-14(16)10-13)18-9-5-8-15(18)11-17(2)3/h4,6-7,10,12,15H,5,8-9,11,16H2,1-3H3. The van der Waals surface area contributed by atoms with Crippen molar-refractivity contribution < 1.29 is 0 Å². The highest BCUT2D eigenvalue weighted by Gasteiger charge is 2.29. The smallest absolute Gasteiger partial charge is 0.0324 e. The highest BCUT2D eigenvalue weighted by atomic mass is 15.2. The van der Waals surface area contributed by atoms with Gasteiger partial charge in [-0.3, -0.25) is 4.90 Å². The molecule has 2 unspecified atom stereocenters. The number of rotatable bonds is 4. The first-order valence-corrected chi connectivity index (χ1v) is 6.84. The van der Waals surface area contributed by atoms with Gasteiger partial charge in [0.15, 0.2) is 0 Å². The zero-order chi connectivity index (χ0) is 13.1. The molecular formula is C15H25N3. The van der Waals surface area contributed by atoms with Crippen LogP contribution in [0.5, 0.6) is 0 Å². The fourth-order valence-electron chi connectivity index (χ4n) is 3.00. The molecule has 3 nitrogen and oxygen atoms in total. The Kier molecular flexibility index (Phi) is 4.25. The summed E-state index contributed by atoms with van der Waals surface area (Å²) < 4.78 is 0. The molecule has 100 valence electrons. The van der Waals surface area contributed by atoms with Crippen LogP contribution in [0.2, 0.25) is 0 Å². The van der Waals surface area contributed by atoms with Gasteiger partial charge in [-0.1, -0.05) is 12.1 Å². The zero-order valence-corrected chi connectivity index (χ0v) is 11.8. The molecule has 0 saturated carbocycles. The van der Waals surface area contributed by atoms with Crippen LogP contribution in [0.15, 0.2) is 24.3 Å². The molecule has 3 heteroatoms. The van der Waals surface area contributed by atoms with Gasteiger partial charge in [-0.2, -0.15) is 0 Å². The Balaban J connectivity index is 2.10. The quantitative estimate of drug-likeness (QED) is 0.829. The molecule has 1 saturated heterocycles. The first-order chi connectivity index (χ1) is 8.58. The number of hydrogen-bond donors (Lipinski definition) is 1. The van der Waals surface area contributed by atoms with Gasteiger partial charge in [0.2, 0.25) is 0 Å². The average molecular weight is 247 g/mol. The summed E-state index contributed by atoms with van der Waals surface area (Å²) in [5, 5.41) is 0. The summed E-state index contributed by atoms with van der Waals surface area (Å²) in [5.74, 6) is 0. The second-order valence-corrected chi connectivity index (χ2v) is 5.64. The largest absolute Gasteiger partial charge is 0.399 e. The van der Waals surface area contributed by atoms with Crippen LogP contribution in [0.4, 0.5) is 5.69 Å². The van der Waals surface area contributed by atoms with Crippen molar-refractivity contribution in [3.63, 3.8) is 0 Å². The number of benzene rings is 1. The van der Waals surface area contributed by atoms with Gasteiger partial charge >= 0.3 is 0 Å². The van der Waals surface area contributed by atoms with E-state index in [1.807, 2.05) is 6.07 Å². The van der Waals surface area contributed by atoms with E-state index in [9.17, 15) is 0 Å². The molecule has 1 fully saturated rings. The van der Waals surface area contributed by atoms with Crippen LogP contribution in [-0.4, -0.2) is 43.0 Å². The topological polar surface area (TPSA) is 32.5 Å². The molecule has 2 atom stereocenters. The molecule has 0 spiro atoms. The summed E-state index contributed by atoms with van der Waals surface area (Å²) in [6.07, 6.45) is 2.62. The van der Waals surface area contributed by atoms with Gasteiger partial charge in [-0.25, -0.2) is 0 Å². The lowest BCUT2D eigenvalue weighted by molar-refractivity contribution is 0.162. The number of nitrogens with two attached hydrogens (primary N) is 1. The van der Waals surface area contributed by atoms with Crippen molar-refractivity contribution in [3.8, 4) is 0 Å². The predicted molar refractivity (Wildman–Crippen MR) is 77.6 cm³/mol. The number of anilines is 1. The molecular weight excluding hydrogens is 222 g/mol. The van der Waals surface area contributed by atoms with E-state index in [4.69, 9.17) is 5.73 Å². The van der Waals surface area contributed by atoms with Gasteiger partial charge in [0, 0.05) is 24.3 Å². The van der Waals surface area contributed by atoms with Gasteiger partial charge in [0.05, 0.1) is 0 Å². The number of likely N-dealkylation sites (N-methyl/N-ethyl adjacent to an activating group) is 1. The summed E-state index contributed by atoms with van der Waals surface area (Å²) in [4.78, 5) is 4.91. The maximum absolute atomic E-state index is 5.88. The SMILES string of the molecule is CC(c1cccc(N)c1)N1CCCC1CN(C)C. The van der Waals surface area contributed by atoms with Crippen molar-refractivity contribution in [3.05, 3.63) is 29.8 Å². The van der Waals surface area contributed by atoms with Gasteiger partial charge in [-0.15, -0.1) is 0 Å². The Bertz CT molecular complexity index is 389. The van der Waals surface area contributed by atoms with E-state index in [0.29, 0.717) is 12.1 Å². The average Bonchev–Trinajstić information content (AvgIpc) is 2.75. The minimum Gasteiger partial charge on any atom is -0.399 e. The van der Waals surface area contributed by atoms with Crippen molar-refractivity contribution in [2.24, 2.45) is 0 Å². The van der Waals surface area contributed by atoms with Crippen molar-refractivity contribution in [1.29, 1.82) is 0 Å². The normalized spacial score (nSPS) is 22.6. The maximum Gasteiger partial charge on any atom is 0.0324 e. The minimum atomic E-state index is 0.459. The highest BCUT2D eigenvalue weighted by Crippen LogP contribution is 2.30. The van der Waals surface area contributed by atoms with E-state index >= 15 is 0 Å². The van der Waals surface area contributed by atoms with Gasteiger partial charge in [0.1, 0.15) is 0 Å². The summed E-state index contributed by atoms with van der Waals surface area (Å²) in [5.41, 5.74) is 8.08. The fourth-order valence-corrected chi connectivity index (χ4v) is 3.00. The van der Waals surface area contributed by atoms with E-state index in [1.165, 1.54) is 24.9 Å². The van der Waals surface area contributed by atoms with Crippen molar-refractivity contribution in [2.45, 2.75) is 31.8 Å². The molecule has 1 aliphatic heterocycles. The van der Waals surface area contributed by atoms with E-state index in [2.05, 4.69) is 49.0 Å². The summed E-state index contributed by atoms with van der Waals surface area (Å²) in [6.45, 7) is 4.64. The van der Waals surface area contributed by atoms with Crippen LogP contribution < -0.4 is 5.73 Å². The van der Waals surface area contributed by atoms with Crippen LogP contribution in [-0.2, 0) is 0 Å². The molecule has 0 aliphatic carbocycles. The first kappa shape index (κ1) is 13.4. The third-order valence-electron chi connectivity index (χ3n) is 3.89. The van der Waals surface area contributed by atoms with Crippen LogP contribution in [0.1, 0.15) is 31.4 Å².